The van der Waals surface area contributed by atoms with Gasteiger partial charge in [0.1, 0.15) is 6.10 Å². The van der Waals surface area contributed by atoms with E-state index in [4.69, 9.17) is 15.3 Å². The molecule has 3 atom stereocenters. The monoisotopic (exact) mass is 388 g/mol. The summed E-state index contributed by atoms with van der Waals surface area (Å²) in [5.74, 6) is -1.52. The predicted molar refractivity (Wildman–Crippen MR) is 99.9 cm³/mol. The van der Waals surface area contributed by atoms with Crippen LogP contribution in [0, 0.1) is 0 Å². The van der Waals surface area contributed by atoms with Gasteiger partial charge >= 0.3 is 57.4 Å². The predicted octanol–water partition coefficient (Wildman–Crippen LogP) is 1.57. The molecule has 0 aliphatic rings. The van der Waals surface area contributed by atoms with Gasteiger partial charge in [-0.25, -0.2) is 4.79 Å². The van der Waals surface area contributed by atoms with Gasteiger partial charge in [0, 0.05) is 6.61 Å². The van der Waals surface area contributed by atoms with Gasteiger partial charge in [-0.2, -0.15) is 0 Å². The number of hydrogen-bond acceptors (Lipinski definition) is 5. The van der Waals surface area contributed by atoms with Crippen LogP contribution in [0.1, 0.15) is 83.5 Å². The summed E-state index contributed by atoms with van der Waals surface area (Å²) in [7, 11) is 0. The van der Waals surface area contributed by atoms with Crippen LogP contribution < -0.4 is 0 Å². The Kier molecular flexibility index (Phi) is 22.2. The van der Waals surface area contributed by atoms with Gasteiger partial charge in [-0.1, -0.05) is 70.6 Å². The number of carbonyl (C=O) groups is 1. The van der Waals surface area contributed by atoms with Crippen molar-refractivity contribution in [3.05, 3.63) is 0 Å². The van der Waals surface area contributed by atoms with Crippen LogP contribution in [-0.4, -0.2) is 108 Å². The van der Waals surface area contributed by atoms with Crippen molar-refractivity contribution >= 4 is 57.4 Å². The number of carboxylic acids is 1. The van der Waals surface area contributed by atoms with E-state index in [-0.39, 0.29) is 51.4 Å². The van der Waals surface area contributed by atoms with E-state index in [1.165, 1.54) is 38.5 Å². The van der Waals surface area contributed by atoms with Crippen LogP contribution in [0.4, 0.5) is 0 Å². The van der Waals surface area contributed by atoms with E-state index in [2.05, 4.69) is 0 Å². The second-order valence-electron chi connectivity index (χ2n) is 6.60. The molecule has 0 saturated carbocycles. The van der Waals surface area contributed by atoms with Crippen molar-refractivity contribution in [3.8, 4) is 0 Å². The molecule has 0 aromatic carbocycles. The molecule has 0 fully saturated rings. The third kappa shape index (κ3) is 16.8. The van der Waals surface area contributed by atoms with Crippen molar-refractivity contribution in [3.63, 3.8) is 0 Å². The zero-order chi connectivity index (χ0) is 18.2. The standard InChI is InChI=1S/C18H36O6.K.H/c19-14-12-10-8-6-4-2-1-3-5-7-9-11-13-15(20)16(21)17(22)18(23)24;;/h15-17,19-22H,1-14H2,(H,23,24);;. The average Bonchev–Trinajstić information content (AvgIpc) is 2.57. The van der Waals surface area contributed by atoms with Crippen LogP contribution in [0.15, 0.2) is 0 Å². The first-order valence-corrected chi connectivity index (χ1v) is 9.38. The van der Waals surface area contributed by atoms with E-state index in [9.17, 15) is 15.0 Å². The molecule has 0 aliphatic carbocycles. The Labute approximate surface area is 194 Å². The number of aliphatic hydroxyl groups is 4. The molecule has 0 rings (SSSR count). The first kappa shape index (κ1) is 28.2. The number of aliphatic carboxylic acids is 1. The van der Waals surface area contributed by atoms with Crippen LogP contribution in [0.25, 0.3) is 0 Å². The third-order valence-corrected chi connectivity index (χ3v) is 4.38. The molecule has 0 aliphatic heterocycles. The molecule has 146 valence electrons. The Morgan fingerprint density at radius 2 is 1.04 bits per heavy atom. The van der Waals surface area contributed by atoms with Gasteiger partial charge in [-0.15, -0.1) is 0 Å². The normalized spacial score (nSPS) is 14.6. The molecule has 0 spiro atoms. The van der Waals surface area contributed by atoms with E-state index in [0.717, 1.165) is 38.5 Å². The van der Waals surface area contributed by atoms with Gasteiger partial charge in [0.2, 0.25) is 0 Å². The molecule has 0 aromatic heterocycles. The first-order chi connectivity index (χ1) is 11.5. The molecule has 3 unspecified atom stereocenters. The zero-order valence-corrected chi connectivity index (χ0v) is 14.8. The van der Waals surface area contributed by atoms with E-state index in [1.807, 2.05) is 0 Å². The van der Waals surface area contributed by atoms with Crippen LogP contribution >= 0.6 is 0 Å². The Hall–Kier alpha value is 0.946. The fraction of sp³-hybridized carbons (Fsp3) is 0.944. The maximum atomic E-state index is 10.5. The van der Waals surface area contributed by atoms with Crippen LogP contribution in [0.3, 0.4) is 0 Å². The molecule has 0 heterocycles. The summed E-state index contributed by atoms with van der Waals surface area (Å²) in [6.07, 6.45) is 8.93. The number of aliphatic hydroxyl groups excluding tert-OH is 4. The Morgan fingerprint density at radius 3 is 1.40 bits per heavy atom. The van der Waals surface area contributed by atoms with Crippen molar-refractivity contribution in [1.29, 1.82) is 0 Å². The molecule has 0 amide bonds. The van der Waals surface area contributed by atoms with Crippen LogP contribution in [0.2, 0.25) is 0 Å². The van der Waals surface area contributed by atoms with Gasteiger partial charge in [-0.3, -0.25) is 0 Å². The summed E-state index contributed by atoms with van der Waals surface area (Å²) in [5, 5.41) is 45.5. The molecule has 0 saturated heterocycles. The third-order valence-electron chi connectivity index (χ3n) is 4.38. The van der Waals surface area contributed by atoms with E-state index < -0.39 is 24.3 Å². The second-order valence-corrected chi connectivity index (χ2v) is 6.60. The van der Waals surface area contributed by atoms with Crippen molar-refractivity contribution < 1.29 is 30.3 Å². The van der Waals surface area contributed by atoms with Gasteiger partial charge in [0.25, 0.3) is 0 Å². The number of unbranched alkanes of at least 4 members (excludes halogenated alkanes) is 11. The minimum absolute atomic E-state index is 0. The van der Waals surface area contributed by atoms with Gasteiger partial charge in [-0.05, 0) is 12.8 Å². The molecular weight excluding hydrogens is 351 g/mol. The van der Waals surface area contributed by atoms with Crippen molar-refractivity contribution in [2.75, 3.05) is 6.61 Å². The first-order valence-electron chi connectivity index (χ1n) is 9.38. The van der Waals surface area contributed by atoms with E-state index >= 15 is 0 Å². The molecule has 0 radical (unpaired) electrons. The number of hydrogen-bond donors (Lipinski definition) is 5. The number of rotatable bonds is 17. The second kappa shape index (κ2) is 19.7. The molecule has 0 bridgehead atoms. The average molecular weight is 389 g/mol. The molecule has 5 N–H and O–H groups in total. The van der Waals surface area contributed by atoms with Crippen molar-refractivity contribution in [2.45, 2.75) is 102 Å². The minimum atomic E-state index is -1.93. The Balaban J connectivity index is 0. The maximum absolute atomic E-state index is 10.5. The molecule has 6 nitrogen and oxygen atoms in total. The summed E-state index contributed by atoms with van der Waals surface area (Å²) in [4.78, 5) is 10.5. The van der Waals surface area contributed by atoms with Crippen molar-refractivity contribution in [2.24, 2.45) is 0 Å². The quantitative estimate of drug-likeness (QED) is 0.191. The molecule has 7 heteroatoms. The van der Waals surface area contributed by atoms with Crippen molar-refractivity contribution in [1.82, 2.24) is 0 Å². The summed E-state index contributed by atoms with van der Waals surface area (Å²) in [6, 6.07) is 0. The van der Waals surface area contributed by atoms with Gasteiger partial charge in [0.05, 0.1) is 6.10 Å². The SMILES string of the molecule is O=C(O)C(O)C(O)C(O)CCCCCCCCCCCCCCO.[KH]. The summed E-state index contributed by atoms with van der Waals surface area (Å²) in [5.41, 5.74) is 0. The topological polar surface area (TPSA) is 118 Å². The van der Waals surface area contributed by atoms with Crippen LogP contribution in [0.5, 0.6) is 0 Å². The molecular formula is C18H37KO6. The number of carboxylic acid groups (broad SMARTS) is 1. The summed E-state index contributed by atoms with van der Waals surface area (Å²) in [6.45, 7) is 0.302. The van der Waals surface area contributed by atoms with Gasteiger partial charge in [0.15, 0.2) is 6.10 Å². The summed E-state index contributed by atoms with van der Waals surface area (Å²) < 4.78 is 0. The van der Waals surface area contributed by atoms with Gasteiger partial charge < -0.3 is 25.5 Å². The fourth-order valence-electron chi connectivity index (χ4n) is 2.76. The Bertz CT molecular complexity index is 303. The van der Waals surface area contributed by atoms with E-state index in [1.54, 1.807) is 0 Å². The molecule has 0 aromatic rings. The fourth-order valence-corrected chi connectivity index (χ4v) is 2.76. The summed E-state index contributed by atoms with van der Waals surface area (Å²) >= 11 is 0. The molecule has 25 heavy (non-hydrogen) atoms. The van der Waals surface area contributed by atoms with E-state index in [0.29, 0.717) is 13.0 Å². The van der Waals surface area contributed by atoms with Crippen LogP contribution in [-0.2, 0) is 4.79 Å². The Morgan fingerprint density at radius 1 is 0.680 bits per heavy atom. The zero-order valence-electron chi connectivity index (χ0n) is 14.8.